The molecule has 1 fully saturated rings. The number of nitrogens with zero attached hydrogens (tertiary/aromatic N) is 5. The van der Waals surface area contributed by atoms with Crippen LogP contribution < -0.4 is 10.6 Å². The van der Waals surface area contributed by atoms with E-state index in [4.69, 9.17) is 14.5 Å². The zero-order valence-corrected chi connectivity index (χ0v) is 23.7. The second-order valence-electron chi connectivity index (χ2n) is 10.4. The first-order chi connectivity index (χ1) is 19.2. The molecule has 1 amide bonds. The number of likely N-dealkylation sites (tertiary alicyclic amines) is 1. The number of fused-ring (bicyclic) bond motifs is 1. The summed E-state index contributed by atoms with van der Waals surface area (Å²) in [5.74, 6) is 1.17. The summed E-state index contributed by atoms with van der Waals surface area (Å²) in [6.45, 7) is 7.20. The Bertz CT molecular complexity index is 1450. The second kappa shape index (κ2) is 11.9. The van der Waals surface area contributed by atoms with Crippen LogP contribution in [0.1, 0.15) is 19.5 Å². The van der Waals surface area contributed by atoms with Crippen LogP contribution >= 0.6 is 11.8 Å². The number of aromatic amines is 1. The number of carbonyl (C=O) groups excluding carboxylic acids is 1. The molecule has 5 rings (SSSR count). The van der Waals surface area contributed by atoms with Gasteiger partial charge in [-0.3, -0.25) is 14.8 Å². The molecular formula is C27H34N8O4S. The summed E-state index contributed by atoms with van der Waals surface area (Å²) in [6.07, 6.45) is 0.836. The van der Waals surface area contributed by atoms with Crippen molar-refractivity contribution in [3.63, 3.8) is 0 Å². The summed E-state index contributed by atoms with van der Waals surface area (Å²) < 4.78 is 13.0. The quantitative estimate of drug-likeness (QED) is 0.214. The summed E-state index contributed by atoms with van der Waals surface area (Å²) in [5, 5.41) is 28.9. The molecule has 1 saturated heterocycles. The summed E-state index contributed by atoms with van der Waals surface area (Å²) in [4.78, 5) is 20.2. The maximum Gasteiger partial charge on any atom is 0.238 e. The molecule has 12 nitrogen and oxygen atoms in total. The monoisotopic (exact) mass is 566 g/mol. The second-order valence-corrected chi connectivity index (χ2v) is 11.5. The molecule has 1 aromatic carbocycles. The van der Waals surface area contributed by atoms with Gasteiger partial charge in [-0.25, -0.2) is 9.50 Å². The highest BCUT2D eigenvalue weighted by atomic mass is 32.2. The number of aliphatic hydroxyl groups excluding tert-OH is 1. The molecule has 0 spiro atoms. The number of nitrogens with one attached hydrogen (secondary N) is 3. The number of benzene rings is 1. The van der Waals surface area contributed by atoms with Crippen LogP contribution in [0.15, 0.2) is 58.7 Å². The van der Waals surface area contributed by atoms with Gasteiger partial charge in [0.1, 0.15) is 5.52 Å². The molecular weight excluding hydrogens is 532 g/mol. The Morgan fingerprint density at radius 2 is 2.05 bits per heavy atom. The fraction of sp³-hybridized carbons (Fsp3) is 0.407. The van der Waals surface area contributed by atoms with Crippen molar-refractivity contribution in [3.8, 4) is 0 Å². The molecule has 4 N–H and O–H groups in total. The van der Waals surface area contributed by atoms with Crippen molar-refractivity contribution in [1.29, 1.82) is 0 Å². The molecule has 0 radical (unpaired) electrons. The molecule has 0 saturated carbocycles. The number of carbonyl (C=O) groups is 1. The largest absolute Gasteiger partial charge is 0.389 e. The smallest absolute Gasteiger partial charge is 0.238 e. The van der Waals surface area contributed by atoms with Gasteiger partial charge >= 0.3 is 0 Å². The van der Waals surface area contributed by atoms with Gasteiger partial charge in [0.25, 0.3) is 0 Å². The number of aryl methyl sites for hydroxylation is 1. The number of β-amino-alcohol motifs (C(OH)–C–C–N with tert-alkyl or cyclic N) is 1. The van der Waals surface area contributed by atoms with E-state index in [1.807, 2.05) is 74.3 Å². The van der Waals surface area contributed by atoms with Gasteiger partial charge in [0.2, 0.25) is 11.1 Å². The molecule has 3 aromatic heterocycles. The third-order valence-electron chi connectivity index (χ3n) is 6.31. The number of anilines is 3. The maximum atomic E-state index is 12.7. The summed E-state index contributed by atoms with van der Waals surface area (Å²) in [6, 6.07) is 13.3. The topological polar surface area (TPSA) is 142 Å². The van der Waals surface area contributed by atoms with Gasteiger partial charge in [-0.1, -0.05) is 0 Å². The molecule has 0 bridgehead atoms. The first kappa shape index (κ1) is 28.1. The van der Waals surface area contributed by atoms with Crippen LogP contribution in [-0.2, 0) is 14.3 Å². The molecule has 212 valence electrons. The lowest BCUT2D eigenvalue weighted by Crippen LogP contribution is -2.40. The van der Waals surface area contributed by atoms with Crippen molar-refractivity contribution in [2.45, 2.75) is 48.6 Å². The molecule has 2 atom stereocenters. The Balaban J connectivity index is 1.17. The molecule has 1 aliphatic rings. The van der Waals surface area contributed by atoms with Gasteiger partial charge in [0.05, 0.1) is 31.0 Å². The minimum atomic E-state index is -0.660. The SMILES string of the molecule is COCC(C)(C)O[C@@H]1CN(CC(=O)Nc2ccc(Sc3nc(Nc4cc(C)[nH]n4)c4cccn4n3)cc2)C[C@H]1O. The number of hydrogen-bond donors (Lipinski definition) is 4. The van der Waals surface area contributed by atoms with Crippen LogP contribution in [0, 0.1) is 6.92 Å². The highest BCUT2D eigenvalue weighted by Gasteiger charge is 2.36. The Morgan fingerprint density at radius 1 is 1.25 bits per heavy atom. The number of amides is 1. The van der Waals surface area contributed by atoms with Crippen LogP contribution in [0.25, 0.3) is 5.52 Å². The van der Waals surface area contributed by atoms with Crippen LogP contribution in [0.2, 0.25) is 0 Å². The molecule has 4 heterocycles. The fourth-order valence-electron chi connectivity index (χ4n) is 4.64. The lowest BCUT2D eigenvalue weighted by Gasteiger charge is -2.29. The predicted molar refractivity (Wildman–Crippen MR) is 152 cm³/mol. The van der Waals surface area contributed by atoms with E-state index in [1.165, 1.54) is 11.8 Å². The van der Waals surface area contributed by atoms with Gasteiger partial charge in [0, 0.05) is 48.7 Å². The predicted octanol–water partition coefficient (Wildman–Crippen LogP) is 3.08. The Labute approximate surface area is 236 Å². The van der Waals surface area contributed by atoms with Crippen LogP contribution in [0.4, 0.5) is 17.3 Å². The van der Waals surface area contributed by atoms with Gasteiger partial charge in [-0.15, -0.1) is 5.10 Å². The van der Waals surface area contributed by atoms with E-state index in [0.717, 1.165) is 16.1 Å². The first-order valence-electron chi connectivity index (χ1n) is 13.0. The average Bonchev–Trinajstić information content (AvgIpc) is 3.60. The first-order valence-corrected chi connectivity index (χ1v) is 13.8. The van der Waals surface area contributed by atoms with E-state index in [-0.39, 0.29) is 18.6 Å². The number of rotatable bonds is 11. The van der Waals surface area contributed by atoms with Crippen LogP contribution in [0.5, 0.6) is 0 Å². The molecule has 4 aromatic rings. The fourth-order valence-corrected chi connectivity index (χ4v) is 5.39. The van der Waals surface area contributed by atoms with Crippen molar-refractivity contribution in [2.75, 3.05) is 44.0 Å². The van der Waals surface area contributed by atoms with Crippen molar-refractivity contribution >= 4 is 40.5 Å². The van der Waals surface area contributed by atoms with Gasteiger partial charge in [-0.05, 0) is 68.9 Å². The van der Waals surface area contributed by atoms with Crippen LogP contribution in [-0.4, -0.2) is 91.9 Å². The van der Waals surface area contributed by atoms with Crippen molar-refractivity contribution < 1.29 is 19.4 Å². The highest BCUT2D eigenvalue weighted by molar-refractivity contribution is 7.99. The number of hydrogen-bond acceptors (Lipinski definition) is 10. The number of H-pyrrole nitrogens is 1. The molecule has 1 aliphatic heterocycles. The number of ether oxygens (including phenoxy) is 2. The van der Waals surface area contributed by atoms with E-state index in [9.17, 15) is 9.90 Å². The Hall–Kier alpha value is -3.49. The van der Waals surface area contributed by atoms with Crippen molar-refractivity contribution in [1.82, 2.24) is 29.7 Å². The third-order valence-corrected chi connectivity index (χ3v) is 7.18. The number of aromatic nitrogens is 5. The van der Waals surface area contributed by atoms with Gasteiger partial charge in [0.15, 0.2) is 11.6 Å². The standard InChI is InChI=1S/C27H34N8O4S/c1-17-12-23(32-31-17)29-25-20-6-5-11-35(20)33-26(30-25)40-19-9-7-18(8-10-19)28-24(37)15-34-13-21(36)22(14-34)39-27(2,3)16-38-4/h5-12,21-22,36H,13-16H2,1-4H3,(H,28,37)(H2,29,30,31,32,33)/t21-,22-/m1/s1. The highest BCUT2D eigenvalue weighted by Crippen LogP contribution is 2.29. The third kappa shape index (κ3) is 6.98. The maximum absolute atomic E-state index is 12.7. The van der Waals surface area contributed by atoms with E-state index in [2.05, 4.69) is 25.9 Å². The van der Waals surface area contributed by atoms with Crippen molar-refractivity contribution in [3.05, 3.63) is 54.4 Å². The van der Waals surface area contributed by atoms with E-state index in [1.54, 1.807) is 11.6 Å². The Kier molecular flexibility index (Phi) is 8.38. The van der Waals surface area contributed by atoms with Crippen molar-refractivity contribution in [2.24, 2.45) is 0 Å². The normalized spacial score (nSPS) is 17.9. The minimum Gasteiger partial charge on any atom is -0.389 e. The summed E-state index contributed by atoms with van der Waals surface area (Å²) in [5.41, 5.74) is 1.95. The number of methoxy groups -OCH3 is 1. The number of aliphatic hydroxyl groups is 1. The zero-order valence-electron chi connectivity index (χ0n) is 22.9. The van der Waals surface area contributed by atoms with E-state index < -0.39 is 11.7 Å². The molecule has 0 unspecified atom stereocenters. The van der Waals surface area contributed by atoms with E-state index in [0.29, 0.717) is 42.2 Å². The molecule has 40 heavy (non-hydrogen) atoms. The zero-order chi connectivity index (χ0) is 28.3. The minimum absolute atomic E-state index is 0.157. The summed E-state index contributed by atoms with van der Waals surface area (Å²) in [7, 11) is 1.62. The summed E-state index contributed by atoms with van der Waals surface area (Å²) >= 11 is 1.41. The van der Waals surface area contributed by atoms with Gasteiger partial charge in [-0.2, -0.15) is 5.10 Å². The van der Waals surface area contributed by atoms with Crippen LogP contribution in [0.3, 0.4) is 0 Å². The molecule has 0 aliphatic carbocycles. The Morgan fingerprint density at radius 3 is 2.77 bits per heavy atom. The molecule has 13 heteroatoms. The van der Waals surface area contributed by atoms with E-state index >= 15 is 0 Å². The van der Waals surface area contributed by atoms with Gasteiger partial charge < -0.3 is 25.2 Å². The average molecular weight is 567 g/mol. The lowest BCUT2D eigenvalue weighted by molar-refractivity contribution is -0.126. The lowest BCUT2D eigenvalue weighted by atomic mass is 10.1.